The van der Waals surface area contributed by atoms with Gasteiger partial charge >= 0.3 is 11.9 Å². The van der Waals surface area contributed by atoms with E-state index in [1.807, 2.05) is 69.3 Å². The summed E-state index contributed by atoms with van der Waals surface area (Å²) in [6, 6.07) is 14.3. The van der Waals surface area contributed by atoms with Gasteiger partial charge in [0.15, 0.2) is 5.11 Å². The number of hydrogen-bond donors (Lipinski definition) is 2. The molecule has 0 fully saturated rings. The van der Waals surface area contributed by atoms with Crippen LogP contribution in [0.2, 0.25) is 0 Å². The van der Waals surface area contributed by atoms with Gasteiger partial charge in [0.25, 0.3) is 0 Å². The van der Waals surface area contributed by atoms with Crippen LogP contribution in [0.25, 0.3) is 0 Å². The molecule has 7 nitrogen and oxygen atoms in total. The second kappa shape index (κ2) is 14.0. The quantitative estimate of drug-likeness (QED) is 0.213. The van der Waals surface area contributed by atoms with Crippen molar-refractivity contribution < 1.29 is 23.8 Å². The molecule has 1 atom stereocenters. The summed E-state index contributed by atoms with van der Waals surface area (Å²) in [5.74, 6) is 0.0724. The van der Waals surface area contributed by atoms with E-state index in [1.54, 1.807) is 6.92 Å². The largest absolute Gasteiger partial charge is 0.494 e. The number of anilines is 1. The zero-order chi connectivity index (χ0) is 25.8. The summed E-state index contributed by atoms with van der Waals surface area (Å²) < 4.78 is 17.2. The van der Waals surface area contributed by atoms with Crippen LogP contribution in [0.1, 0.15) is 46.1 Å². The van der Waals surface area contributed by atoms with Crippen molar-refractivity contribution in [3.05, 3.63) is 58.6 Å². The maximum Gasteiger partial charge on any atom is 0.329 e. The SMILES string of the molecule is CCOC(=O)CCCOc1ccc(CC(NC(=S)Nc2ccc(Br)cc2)C(=O)OC(C)(C)C)cc1. The van der Waals surface area contributed by atoms with E-state index in [9.17, 15) is 9.59 Å². The minimum atomic E-state index is -0.680. The van der Waals surface area contributed by atoms with Crippen molar-refractivity contribution in [2.75, 3.05) is 18.5 Å². The van der Waals surface area contributed by atoms with E-state index in [2.05, 4.69) is 26.6 Å². The third kappa shape index (κ3) is 11.6. The van der Waals surface area contributed by atoms with E-state index < -0.39 is 17.6 Å². The molecule has 0 aliphatic rings. The van der Waals surface area contributed by atoms with Gasteiger partial charge in [0, 0.05) is 23.0 Å². The first-order chi connectivity index (χ1) is 16.6. The molecule has 1 unspecified atom stereocenters. The maximum atomic E-state index is 12.9. The Labute approximate surface area is 221 Å². The second-order valence-electron chi connectivity index (χ2n) is 8.80. The molecule has 0 heterocycles. The first-order valence-corrected chi connectivity index (χ1v) is 12.7. The summed E-state index contributed by atoms with van der Waals surface area (Å²) in [5.41, 5.74) is 1.09. The smallest absolute Gasteiger partial charge is 0.329 e. The topological polar surface area (TPSA) is 85.9 Å². The van der Waals surface area contributed by atoms with E-state index in [0.717, 1.165) is 15.7 Å². The monoisotopic (exact) mass is 564 g/mol. The van der Waals surface area contributed by atoms with Crippen molar-refractivity contribution in [2.45, 2.75) is 58.6 Å². The number of ether oxygens (including phenoxy) is 3. The van der Waals surface area contributed by atoms with Gasteiger partial charge in [-0.3, -0.25) is 4.79 Å². The summed E-state index contributed by atoms with van der Waals surface area (Å²) in [4.78, 5) is 24.3. The number of esters is 2. The fourth-order valence-electron chi connectivity index (χ4n) is 3.02. The molecule has 2 N–H and O–H groups in total. The molecule has 0 radical (unpaired) electrons. The van der Waals surface area contributed by atoms with Crippen LogP contribution in [0.5, 0.6) is 5.75 Å². The molecule has 0 aliphatic heterocycles. The third-order valence-corrected chi connectivity index (χ3v) is 5.31. The molecule has 0 aromatic heterocycles. The Morgan fingerprint density at radius 1 is 1.06 bits per heavy atom. The van der Waals surface area contributed by atoms with Gasteiger partial charge in [0.05, 0.1) is 13.2 Å². The van der Waals surface area contributed by atoms with Gasteiger partial charge in [-0.1, -0.05) is 28.1 Å². The van der Waals surface area contributed by atoms with Crippen molar-refractivity contribution in [1.82, 2.24) is 5.32 Å². The Kier molecular flexibility index (Phi) is 11.5. The Bertz CT molecular complexity index is 975. The molecule has 0 spiro atoms. The average molecular weight is 566 g/mol. The van der Waals surface area contributed by atoms with Gasteiger partial charge in [-0.25, -0.2) is 4.79 Å². The minimum absolute atomic E-state index is 0.223. The van der Waals surface area contributed by atoms with Crippen molar-refractivity contribution >= 4 is 50.9 Å². The summed E-state index contributed by atoms with van der Waals surface area (Å²) in [6.45, 7) is 8.06. The fraction of sp³-hybridized carbons (Fsp3) is 0.423. The lowest BCUT2D eigenvalue weighted by Gasteiger charge is -2.25. The number of halogens is 1. The highest BCUT2D eigenvalue weighted by atomic mass is 79.9. The molecule has 0 amide bonds. The van der Waals surface area contributed by atoms with Crippen LogP contribution in [-0.2, 0) is 25.5 Å². The van der Waals surface area contributed by atoms with Crippen molar-refractivity contribution in [3.8, 4) is 5.75 Å². The summed E-state index contributed by atoms with van der Waals surface area (Å²) in [7, 11) is 0. The molecule has 0 bridgehead atoms. The zero-order valence-corrected chi connectivity index (χ0v) is 23.0. The van der Waals surface area contributed by atoms with Gasteiger partial charge in [0.1, 0.15) is 17.4 Å². The summed E-state index contributed by atoms with van der Waals surface area (Å²) in [5, 5.41) is 6.51. The minimum Gasteiger partial charge on any atom is -0.494 e. The highest BCUT2D eigenvalue weighted by Gasteiger charge is 2.26. The van der Waals surface area contributed by atoms with Crippen molar-refractivity contribution in [3.63, 3.8) is 0 Å². The Balaban J connectivity index is 1.97. The average Bonchev–Trinajstić information content (AvgIpc) is 2.78. The first kappa shape index (κ1) is 28.6. The molecular formula is C26H33BrN2O5S. The highest BCUT2D eigenvalue weighted by Crippen LogP contribution is 2.17. The van der Waals surface area contributed by atoms with Crippen molar-refractivity contribution in [1.29, 1.82) is 0 Å². The van der Waals surface area contributed by atoms with Crippen LogP contribution in [0.15, 0.2) is 53.0 Å². The van der Waals surface area contributed by atoms with Crippen LogP contribution in [0, 0.1) is 0 Å². The van der Waals surface area contributed by atoms with Crippen LogP contribution in [0.3, 0.4) is 0 Å². The molecule has 0 saturated heterocycles. The standard InChI is InChI=1S/C26H33BrN2O5S/c1-5-32-23(30)7-6-16-33-21-14-8-18(9-15-21)17-22(24(31)34-26(2,3)4)29-25(35)28-20-12-10-19(27)11-13-20/h8-15,22H,5-7,16-17H2,1-4H3,(H2,28,29,35). The van der Waals surface area contributed by atoms with Crippen LogP contribution >= 0.6 is 28.1 Å². The predicted octanol–water partition coefficient (Wildman–Crippen LogP) is 5.41. The van der Waals surface area contributed by atoms with E-state index >= 15 is 0 Å². The lowest BCUT2D eigenvalue weighted by atomic mass is 10.1. The van der Waals surface area contributed by atoms with E-state index in [4.69, 9.17) is 26.4 Å². The predicted molar refractivity (Wildman–Crippen MR) is 145 cm³/mol. The molecule has 2 rings (SSSR count). The molecule has 190 valence electrons. The van der Waals surface area contributed by atoms with Gasteiger partial charge < -0.3 is 24.8 Å². The van der Waals surface area contributed by atoms with Crippen LogP contribution < -0.4 is 15.4 Å². The molecule has 9 heteroatoms. The number of hydrogen-bond acceptors (Lipinski definition) is 6. The second-order valence-corrected chi connectivity index (χ2v) is 10.1. The number of carbonyl (C=O) groups excluding carboxylic acids is 2. The lowest BCUT2D eigenvalue weighted by Crippen LogP contribution is -2.47. The third-order valence-electron chi connectivity index (χ3n) is 4.56. The fourth-order valence-corrected chi connectivity index (χ4v) is 3.55. The van der Waals surface area contributed by atoms with Gasteiger partial charge in [-0.2, -0.15) is 0 Å². The number of nitrogens with one attached hydrogen (secondary N) is 2. The lowest BCUT2D eigenvalue weighted by molar-refractivity contribution is -0.157. The molecular weight excluding hydrogens is 532 g/mol. The number of rotatable bonds is 11. The molecule has 35 heavy (non-hydrogen) atoms. The number of thiocarbonyl (C=S) groups is 1. The molecule has 2 aromatic rings. The van der Waals surface area contributed by atoms with Crippen LogP contribution in [-0.4, -0.2) is 41.9 Å². The summed E-state index contributed by atoms with van der Waals surface area (Å²) in [6.07, 6.45) is 1.28. The maximum absolute atomic E-state index is 12.9. The number of benzene rings is 2. The van der Waals surface area contributed by atoms with Gasteiger partial charge in [0.2, 0.25) is 0 Å². The van der Waals surface area contributed by atoms with Crippen LogP contribution in [0.4, 0.5) is 5.69 Å². The van der Waals surface area contributed by atoms with Gasteiger partial charge in [-0.15, -0.1) is 0 Å². The molecule has 2 aromatic carbocycles. The Morgan fingerprint density at radius 3 is 2.31 bits per heavy atom. The molecule has 0 saturated carbocycles. The van der Waals surface area contributed by atoms with Crippen molar-refractivity contribution in [2.24, 2.45) is 0 Å². The number of carbonyl (C=O) groups is 2. The highest BCUT2D eigenvalue weighted by molar-refractivity contribution is 9.10. The Morgan fingerprint density at radius 2 is 1.71 bits per heavy atom. The van der Waals surface area contributed by atoms with E-state index in [-0.39, 0.29) is 5.97 Å². The summed E-state index contributed by atoms with van der Waals surface area (Å²) >= 11 is 8.85. The van der Waals surface area contributed by atoms with Gasteiger partial charge in [-0.05, 0) is 88.3 Å². The normalized spacial score (nSPS) is 11.8. The molecule has 0 aliphatic carbocycles. The zero-order valence-electron chi connectivity index (χ0n) is 20.6. The van der Waals surface area contributed by atoms with E-state index in [1.165, 1.54) is 0 Å². The first-order valence-electron chi connectivity index (χ1n) is 11.5. The van der Waals surface area contributed by atoms with E-state index in [0.29, 0.717) is 43.3 Å². The Hall–Kier alpha value is -2.65.